The van der Waals surface area contributed by atoms with Crippen LogP contribution in [0.2, 0.25) is 0 Å². The van der Waals surface area contributed by atoms with Crippen molar-refractivity contribution >= 4 is 22.7 Å². The van der Waals surface area contributed by atoms with Crippen LogP contribution < -0.4 is 5.32 Å². The van der Waals surface area contributed by atoms with E-state index < -0.39 is 17.0 Å². The van der Waals surface area contributed by atoms with Crippen LogP contribution in [0.4, 0.5) is 5.69 Å². The molecule has 3 N–H and O–H groups in total. The van der Waals surface area contributed by atoms with Crippen LogP contribution in [0.25, 0.3) is 0 Å². The molecule has 1 unspecified atom stereocenters. The molecule has 0 aromatic heterocycles. The van der Waals surface area contributed by atoms with Gasteiger partial charge < -0.3 is 15.0 Å². The van der Waals surface area contributed by atoms with E-state index in [1.54, 1.807) is 30.4 Å². The summed E-state index contributed by atoms with van der Waals surface area (Å²) >= 11 is -2.11. The molecule has 6 heteroatoms. The zero-order valence-corrected chi connectivity index (χ0v) is 15.7. The van der Waals surface area contributed by atoms with Gasteiger partial charge in [-0.15, -0.1) is 0 Å². The molecule has 0 aliphatic heterocycles. The molecular weight excluding hydrogens is 362 g/mol. The fraction of sp³-hybridized carbons (Fsp3) is 0.0952. The van der Waals surface area contributed by atoms with Gasteiger partial charge in [0.1, 0.15) is 0 Å². The van der Waals surface area contributed by atoms with E-state index >= 15 is 0 Å². The van der Waals surface area contributed by atoms with E-state index in [0.29, 0.717) is 12.1 Å². The molecule has 5 nitrogen and oxygen atoms in total. The molecule has 0 saturated heterocycles. The molecule has 0 radical (unpaired) electrons. The molecule has 0 saturated carbocycles. The lowest BCUT2D eigenvalue weighted by atomic mass is 10.0. The number of carbonyl (C=O) groups excluding carboxylic acids is 1. The number of carbonyl (C=O) groups is 1. The monoisotopic (exact) mass is 383 g/mol. The third kappa shape index (κ3) is 6.06. The summed E-state index contributed by atoms with van der Waals surface area (Å²) in [5.74, 6) is -0.124. The lowest BCUT2D eigenvalue weighted by Gasteiger charge is -2.07. The predicted molar refractivity (Wildman–Crippen MR) is 109 cm³/mol. The number of allylic oxidation sites excluding steroid dienone is 8. The highest BCUT2D eigenvalue weighted by molar-refractivity contribution is 7.79. The molecular formula is C21H21NO4S. The van der Waals surface area contributed by atoms with Gasteiger partial charge in [-0.3, -0.25) is 4.79 Å². The van der Waals surface area contributed by atoms with Gasteiger partial charge in [-0.05, 0) is 48.4 Å². The van der Waals surface area contributed by atoms with Crippen molar-refractivity contribution in [1.82, 2.24) is 0 Å². The van der Waals surface area contributed by atoms with E-state index in [1.165, 1.54) is 12.1 Å². The number of aliphatic hydroxyl groups is 1. The third-order valence-corrected chi connectivity index (χ3v) is 4.43. The fourth-order valence-corrected chi connectivity index (χ4v) is 2.75. The Morgan fingerprint density at radius 2 is 2.07 bits per heavy atom. The molecule has 0 spiro atoms. The molecule has 1 aromatic carbocycles. The number of aliphatic hydroxyl groups excluding tert-OH is 1. The van der Waals surface area contributed by atoms with Crippen molar-refractivity contribution in [1.29, 1.82) is 0 Å². The van der Waals surface area contributed by atoms with Gasteiger partial charge in [0, 0.05) is 17.7 Å². The van der Waals surface area contributed by atoms with Gasteiger partial charge >= 0.3 is 0 Å². The second-order valence-electron chi connectivity index (χ2n) is 5.72. The maximum atomic E-state index is 12.3. The lowest BCUT2D eigenvalue weighted by Crippen LogP contribution is -2.12. The third-order valence-electron chi connectivity index (χ3n) is 3.77. The predicted octanol–water partition coefficient (Wildman–Crippen LogP) is 4.59. The smallest absolute Gasteiger partial charge is 0.255 e. The van der Waals surface area contributed by atoms with Crippen LogP contribution in [0, 0.1) is 0 Å². The molecule has 1 aliphatic rings. The molecule has 1 amide bonds. The van der Waals surface area contributed by atoms with Gasteiger partial charge in [-0.25, -0.2) is 4.21 Å². The fourth-order valence-electron chi connectivity index (χ4n) is 2.33. The summed E-state index contributed by atoms with van der Waals surface area (Å²) in [6.45, 7) is 5.65. The minimum absolute atomic E-state index is 0.202. The Hall–Kier alpha value is -2.96. The number of amides is 1. The maximum Gasteiger partial charge on any atom is 0.255 e. The molecule has 1 aliphatic carbocycles. The largest absolute Gasteiger partial charge is 0.512 e. The van der Waals surface area contributed by atoms with Crippen molar-refractivity contribution in [3.05, 3.63) is 95.9 Å². The zero-order chi connectivity index (χ0) is 19.8. The molecule has 27 heavy (non-hydrogen) atoms. The molecule has 2 rings (SSSR count). The highest BCUT2D eigenvalue weighted by Crippen LogP contribution is 2.19. The SMILES string of the molecule is C=C(/C=C\C(=C/C)C1=CC=C(O)CC=C1)C(=O)Nc1cccc(S(=O)O)c1. The van der Waals surface area contributed by atoms with E-state index in [4.69, 9.17) is 4.55 Å². The number of nitrogens with one attached hydrogen (secondary N) is 1. The van der Waals surface area contributed by atoms with Gasteiger partial charge in [0.2, 0.25) is 0 Å². The highest BCUT2D eigenvalue weighted by Gasteiger charge is 2.08. The number of anilines is 1. The molecule has 0 bridgehead atoms. The van der Waals surface area contributed by atoms with Gasteiger partial charge in [0.15, 0.2) is 11.1 Å². The number of rotatable bonds is 6. The minimum atomic E-state index is -2.11. The summed E-state index contributed by atoms with van der Waals surface area (Å²) < 4.78 is 20.2. The summed E-state index contributed by atoms with van der Waals surface area (Å²) in [7, 11) is 0. The number of hydrogen-bond donors (Lipinski definition) is 3. The Labute approximate surface area is 161 Å². The van der Waals surface area contributed by atoms with Crippen molar-refractivity contribution in [2.75, 3.05) is 5.32 Å². The average Bonchev–Trinajstić information content (AvgIpc) is 2.87. The summed E-state index contributed by atoms with van der Waals surface area (Å²) in [6.07, 6.45) is 13.0. The van der Waals surface area contributed by atoms with Gasteiger partial charge in [0.25, 0.3) is 5.91 Å². The summed E-state index contributed by atoms with van der Waals surface area (Å²) in [5, 5.41) is 12.2. The summed E-state index contributed by atoms with van der Waals surface area (Å²) in [4.78, 5) is 12.5. The quantitative estimate of drug-likeness (QED) is 0.381. The van der Waals surface area contributed by atoms with Crippen LogP contribution in [0.1, 0.15) is 13.3 Å². The van der Waals surface area contributed by atoms with Crippen molar-refractivity contribution in [3.63, 3.8) is 0 Å². The number of hydrogen-bond acceptors (Lipinski definition) is 3. The number of benzene rings is 1. The van der Waals surface area contributed by atoms with E-state index in [-0.39, 0.29) is 16.2 Å². The maximum absolute atomic E-state index is 12.3. The Morgan fingerprint density at radius 3 is 2.78 bits per heavy atom. The molecule has 140 valence electrons. The standard InChI is InChI=1S/C21H21NO4S/c1-3-16(17-6-4-8-19(23)13-12-17)11-10-15(2)21(24)22-18-7-5-9-20(14-18)27(25)26/h3-7,9-14,23H,2,8H2,1H3,(H,22,24)(H,25,26)/b11-10-,16-3+. The molecule has 0 fully saturated rings. The zero-order valence-electron chi connectivity index (χ0n) is 14.9. The first-order valence-corrected chi connectivity index (χ1v) is 9.33. The van der Waals surface area contributed by atoms with E-state index in [2.05, 4.69) is 11.9 Å². The van der Waals surface area contributed by atoms with Crippen molar-refractivity contribution in [2.24, 2.45) is 0 Å². The van der Waals surface area contributed by atoms with Gasteiger partial charge in [-0.2, -0.15) is 0 Å². The highest BCUT2D eigenvalue weighted by atomic mass is 32.2. The Morgan fingerprint density at radius 1 is 1.30 bits per heavy atom. The summed E-state index contributed by atoms with van der Waals surface area (Å²) in [6, 6.07) is 6.15. The first kappa shape index (κ1) is 20.4. The Balaban J connectivity index is 2.08. The topological polar surface area (TPSA) is 86.6 Å². The summed E-state index contributed by atoms with van der Waals surface area (Å²) in [5.41, 5.74) is 2.44. The van der Waals surface area contributed by atoms with Gasteiger partial charge in [-0.1, -0.05) is 43.0 Å². The second kappa shape index (κ2) is 9.66. The second-order valence-corrected chi connectivity index (χ2v) is 6.69. The van der Waals surface area contributed by atoms with Crippen molar-refractivity contribution in [3.8, 4) is 0 Å². The van der Waals surface area contributed by atoms with Crippen LogP contribution >= 0.6 is 0 Å². The van der Waals surface area contributed by atoms with E-state index in [0.717, 1.165) is 11.1 Å². The lowest BCUT2D eigenvalue weighted by molar-refractivity contribution is -0.112. The van der Waals surface area contributed by atoms with Crippen molar-refractivity contribution < 1.29 is 18.7 Å². The Kier molecular flexibility index (Phi) is 7.28. The van der Waals surface area contributed by atoms with Crippen LogP contribution in [-0.4, -0.2) is 19.8 Å². The molecule has 1 aromatic rings. The van der Waals surface area contributed by atoms with E-state index in [9.17, 15) is 14.1 Å². The molecule has 0 heterocycles. The molecule has 1 atom stereocenters. The van der Waals surface area contributed by atoms with Crippen LogP contribution in [0.15, 0.2) is 101 Å². The van der Waals surface area contributed by atoms with Crippen LogP contribution in [-0.2, 0) is 15.9 Å². The van der Waals surface area contributed by atoms with Crippen molar-refractivity contribution in [2.45, 2.75) is 18.2 Å². The Bertz CT molecular complexity index is 920. The van der Waals surface area contributed by atoms with Crippen LogP contribution in [0.3, 0.4) is 0 Å². The normalized spacial score (nSPS) is 15.7. The van der Waals surface area contributed by atoms with Crippen LogP contribution in [0.5, 0.6) is 0 Å². The first-order chi connectivity index (χ1) is 12.9. The van der Waals surface area contributed by atoms with Gasteiger partial charge in [0.05, 0.1) is 10.7 Å². The minimum Gasteiger partial charge on any atom is -0.512 e. The average molecular weight is 383 g/mol. The first-order valence-electron chi connectivity index (χ1n) is 8.23. The van der Waals surface area contributed by atoms with E-state index in [1.807, 2.05) is 31.2 Å².